The number of alkyl carbamates (subject to hydrolysis) is 2. The van der Waals surface area contributed by atoms with Gasteiger partial charge in [0.25, 0.3) is 0 Å². The maximum Gasteiger partial charge on any atom is 0.408 e. The van der Waals surface area contributed by atoms with Gasteiger partial charge in [0.05, 0.1) is 20.6 Å². The van der Waals surface area contributed by atoms with Crippen molar-refractivity contribution >= 4 is 47.8 Å². The molecule has 61 heavy (non-hydrogen) atoms. The number of benzene rings is 4. The summed E-state index contributed by atoms with van der Waals surface area (Å²) in [6.07, 6.45) is 3.53. The summed E-state index contributed by atoms with van der Waals surface area (Å²) in [5.41, 5.74) is 2.65. The van der Waals surface area contributed by atoms with Crippen molar-refractivity contribution in [3.8, 4) is 23.0 Å². The van der Waals surface area contributed by atoms with Crippen LogP contribution in [0.15, 0.2) is 109 Å². The van der Waals surface area contributed by atoms with Crippen molar-refractivity contribution < 1.29 is 57.2 Å². The molecule has 2 atom stereocenters. The van der Waals surface area contributed by atoms with Crippen molar-refractivity contribution in [2.75, 3.05) is 14.2 Å². The van der Waals surface area contributed by atoms with Gasteiger partial charge in [0, 0.05) is 0 Å². The molecule has 0 aromatic heterocycles. The summed E-state index contributed by atoms with van der Waals surface area (Å²) in [6.45, 7) is 7.07. The first-order chi connectivity index (χ1) is 29.3. The van der Waals surface area contributed by atoms with Crippen LogP contribution in [-0.4, -0.2) is 62.0 Å². The summed E-state index contributed by atoms with van der Waals surface area (Å²) in [7, 11) is 2.78. The van der Waals surface area contributed by atoms with Gasteiger partial charge >= 0.3 is 24.1 Å². The zero-order valence-corrected chi connectivity index (χ0v) is 34.9. The number of ether oxygens (including phenoxy) is 6. The summed E-state index contributed by atoms with van der Waals surface area (Å²) in [5, 5.41) is 5.12. The fourth-order valence-corrected chi connectivity index (χ4v) is 5.53. The molecule has 14 heteroatoms. The highest BCUT2D eigenvalue weighted by Crippen LogP contribution is 2.31. The molecule has 0 radical (unpaired) electrons. The molecule has 0 saturated carbocycles. The second-order valence-corrected chi connectivity index (χ2v) is 14.3. The number of esters is 2. The third-order valence-electron chi connectivity index (χ3n) is 8.88. The topological polar surface area (TPSA) is 182 Å². The Morgan fingerprint density at radius 3 is 1.25 bits per heavy atom. The monoisotopic (exact) mass is 834 g/mol. The van der Waals surface area contributed by atoms with Crippen molar-refractivity contribution in [3.63, 3.8) is 0 Å². The Morgan fingerprint density at radius 2 is 0.902 bits per heavy atom. The molecule has 2 amide bonds. The average molecular weight is 835 g/mol. The van der Waals surface area contributed by atoms with Crippen LogP contribution in [-0.2, 0) is 41.9 Å². The van der Waals surface area contributed by atoms with E-state index >= 15 is 0 Å². The molecule has 0 spiro atoms. The Morgan fingerprint density at radius 1 is 0.525 bits per heavy atom. The Balaban J connectivity index is 1.29. The molecule has 0 unspecified atom stereocenters. The van der Waals surface area contributed by atoms with Crippen LogP contribution in [0, 0.1) is 11.8 Å². The summed E-state index contributed by atoms with van der Waals surface area (Å²) >= 11 is 0. The van der Waals surface area contributed by atoms with Crippen molar-refractivity contribution in [2.24, 2.45) is 11.8 Å². The third kappa shape index (κ3) is 15.2. The van der Waals surface area contributed by atoms with E-state index in [9.17, 15) is 28.8 Å². The molecule has 14 nitrogen and oxygen atoms in total. The molecule has 0 aliphatic rings. The zero-order chi connectivity index (χ0) is 44.3. The van der Waals surface area contributed by atoms with Gasteiger partial charge in [0.15, 0.2) is 34.6 Å². The number of hydrogen-bond donors (Lipinski definition) is 2. The van der Waals surface area contributed by atoms with Crippen LogP contribution < -0.4 is 29.6 Å². The number of amides is 2. The maximum absolute atomic E-state index is 13.1. The van der Waals surface area contributed by atoms with Gasteiger partial charge in [0.1, 0.15) is 25.3 Å². The van der Waals surface area contributed by atoms with E-state index in [0.717, 1.165) is 11.1 Å². The molecule has 4 aromatic carbocycles. The minimum absolute atomic E-state index is 0.0346. The van der Waals surface area contributed by atoms with Gasteiger partial charge in [-0.3, -0.25) is 9.59 Å². The van der Waals surface area contributed by atoms with E-state index in [1.54, 1.807) is 52.0 Å². The van der Waals surface area contributed by atoms with Crippen molar-refractivity contribution in [3.05, 3.63) is 131 Å². The fourth-order valence-electron chi connectivity index (χ4n) is 5.53. The zero-order valence-electron chi connectivity index (χ0n) is 34.9. The van der Waals surface area contributed by atoms with Gasteiger partial charge < -0.3 is 39.1 Å². The number of carbonyl (C=O) groups excluding carboxylic acids is 6. The van der Waals surface area contributed by atoms with E-state index in [1.807, 2.05) is 60.7 Å². The third-order valence-corrected chi connectivity index (χ3v) is 8.88. The lowest BCUT2D eigenvalue weighted by Gasteiger charge is -2.21. The molecule has 2 N–H and O–H groups in total. The van der Waals surface area contributed by atoms with Crippen LogP contribution in [0.25, 0.3) is 12.2 Å². The predicted molar refractivity (Wildman–Crippen MR) is 227 cm³/mol. The Labute approximate surface area is 354 Å². The highest BCUT2D eigenvalue weighted by molar-refractivity contribution is 6.11. The van der Waals surface area contributed by atoms with E-state index in [4.69, 9.17) is 28.4 Å². The molecule has 0 fully saturated rings. The molecule has 4 rings (SSSR count). The smallest absolute Gasteiger partial charge is 0.408 e. The number of ketones is 2. The SMILES string of the molecule is COc1cc(/C=C/C(=O)CC(=O)/C=C/c2ccc(OC(=O)[C@@H](NC(=O)OCc3ccccc3)C(C)C)c(OC)c2)ccc1OC(=O)[C@@H](NC(=O)OCc1ccccc1)C(C)C. The second kappa shape index (κ2) is 23.4. The van der Waals surface area contributed by atoms with Gasteiger partial charge in [-0.05, 0) is 70.5 Å². The predicted octanol–water partition coefficient (Wildman–Crippen LogP) is 7.67. The van der Waals surface area contributed by atoms with E-state index in [0.29, 0.717) is 11.1 Å². The second-order valence-electron chi connectivity index (χ2n) is 14.3. The standard InChI is InChI=1S/C47H50N2O12/c1-30(2)42(48-46(54)58-28-34-13-9-7-10-14-34)44(52)60-38-23-19-32(25-40(38)56-5)17-21-36(50)27-37(51)22-18-33-20-24-39(41(26-33)57-6)61-45(53)43(31(3)4)49-47(55)59-29-35-15-11-8-12-16-35/h7-26,30-31,42-43H,27-29H2,1-6H3,(H,48,54)(H,49,55)/b21-17+,22-18+/t42-,43-/m0/s1. The molecule has 0 heterocycles. The van der Waals surface area contributed by atoms with E-state index in [2.05, 4.69) is 10.6 Å². The van der Waals surface area contributed by atoms with Crippen LogP contribution in [0.3, 0.4) is 0 Å². The lowest BCUT2D eigenvalue weighted by atomic mass is 10.1. The molecule has 0 saturated heterocycles. The normalized spacial score (nSPS) is 12.1. The number of rotatable bonds is 20. The van der Waals surface area contributed by atoms with Crippen molar-refractivity contribution in [1.82, 2.24) is 10.6 Å². The van der Waals surface area contributed by atoms with Crippen LogP contribution in [0.1, 0.15) is 56.4 Å². The highest BCUT2D eigenvalue weighted by atomic mass is 16.6. The number of allylic oxidation sites excluding steroid dienone is 2. The molecular weight excluding hydrogens is 785 g/mol. The van der Waals surface area contributed by atoms with Crippen molar-refractivity contribution in [2.45, 2.75) is 59.4 Å². The number of carbonyl (C=O) groups is 6. The van der Waals surface area contributed by atoms with Gasteiger partial charge in [-0.1, -0.05) is 113 Å². The quantitative estimate of drug-likeness (QED) is 0.0384. The summed E-state index contributed by atoms with van der Waals surface area (Å²) in [5.74, 6) is -2.45. The average Bonchev–Trinajstić information content (AvgIpc) is 3.25. The molecule has 0 aliphatic heterocycles. The molecule has 0 bridgehead atoms. The van der Waals surface area contributed by atoms with Gasteiger partial charge in [0.2, 0.25) is 0 Å². The van der Waals surface area contributed by atoms with Gasteiger partial charge in [-0.15, -0.1) is 0 Å². The molecule has 320 valence electrons. The highest BCUT2D eigenvalue weighted by Gasteiger charge is 2.29. The first-order valence-electron chi connectivity index (χ1n) is 19.4. The Hall–Kier alpha value is -7.22. The lowest BCUT2D eigenvalue weighted by Crippen LogP contribution is -2.46. The van der Waals surface area contributed by atoms with E-state index < -0.39 is 54.2 Å². The van der Waals surface area contributed by atoms with Crippen LogP contribution in [0.2, 0.25) is 0 Å². The van der Waals surface area contributed by atoms with Crippen molar-refractivity contribution in [1.29, 1.82) is 0 Å². The lowest BCUT2D eigenvalue weighted by molar-refractivity contribution is -0.138. The summed E-state index contributed by atoms with van der Waals surface area (Å²) < 4.78 is 32.5. The Kier molecular flexibility index (Phi) is 17.8. The minimum Gasteiger partial charge on any atom is -0.493 e. The fraction of sp³-hybridized carbons (Fsp3) is 0.277. The molecule has 0 aliphatic carbocycles. The first kappa shape index (κ1) is 46.5. The minimum atomic E-state index is -1.01. The van der Waals surface area contributed by atoms with Crippen LogP contribution in [0.5, 0.6) is 23.0 Å². The Bertz CT molecular complexity index is 2040. The summed E-state index contributed by atoms with van der Waals surface area (Å²) in [4.78, 5) is 76.5. The largest absolute Gasteiger partial charge is 0.493 e. The molecule has 4 aromatic rings. The number of methoxy groups -OCH3 is 2. The van der Waals surface area contributed by atoms with Crippen LogP contribution >= 0.6 is 0 Å². The summed E-state index contributed by atoms with van der Waals surface area (Å²) in [6, 6.07) is 25.5. The van der Waals surface area contributed by atoms with Gasteiger partial charge in [-0.25, -0.2) is 19.2 Å². The first-order valence-corrected chi connectivity index (χ1v) is 19.4. The van der Waals surface area contributed by atoms with E-state index in [-0.39, 0.29) is 48.0 Å². The van der Waals surface area contributed by atoms with E-state index in [1.165, 1.54) is 50.7 Å². The molecular formula is C47H50N2O12. The van der Waals surface area contributed by atoms with Crippen LogP contribution in [0.4, 0.5) is 9.59 Å². The number of nitrogens with one attached hydrogen (secondary N) is 2. The maximum atomic E-state index is 13.1. The van der Waals surface area contributed by atoms with Gasteiger partial charge in [-0.2, -0.15) is 0 Å². The number of hydrogen-bond acceptors (Lipinski definition) is 12.